The highest BCUT2D eigenvalue weighted by atomic mass is 15.2. The lowest BCUT2D eigenvalue weighted by atomic mass is 9.81. The molecule has 1 N–H and O–H groups in total. The number of nitrogens with one attached hydrogen (secondary N) is 1. The van der Waals surface area contributed by atoms with Crippen LogP contribution in [-0.2, 0) is 6.54 Å². The van der Waals surface area contributed by atoms with Gasteiger partial charge in [-0.1, -0.05) is 25.3 Å². The zero-order valence-corrected chi connectivity index (χ0v) is 11.8. The Morgan fingerprint density at radius 2 is 2.05 bits per heavy atom. The molecule has 19 heavy (non-hydrogen) atoms. The maximum absolute atomic E-state index is 4.47. The van der Waals surface area contributed by atoms with Gasteiger partial charge in [0.1, 0.15) is 0 Å². The van der Waals surface area contributed by atoms with Crippen molar-refractivity contribution in [2.45, 2.75) is 50.6 Å². The van der Waals surface area contributed by atoms with Gasteiger partial charge < -0.3 is 5.32 Å². The van der Waals surface area contributed by atoms with Crippen LogP contribution in [-0.4, -0.2) is 35.1 Å². The van der Waals surface area contributed by atoms with Crippen molar-refractivity contribution in [3.63, 3.8) is 0 Å². The van der Waals surface area contributed by atoms with Crippen LogP contribution in [0.3, 0.4) is 0 Å². The van der Waals surface area contributed by atoms with Crippen molar-refractivity contribution in [3.05, 3.63) is 30.1 Å². The van der Waals surface area contributed by atoms with Gasteiger partial charge in [-0.05, 0) is 44.5 Å². The second kappa shape index (κ2) is 6.02. The SMILES string of the molecule is c1ccc(CN2CCCNC3(CCCCC3)C2)nc1. The molecule has 3 nitrogen and oxygen atoms in total. The summed E-state index contributed by atoms with van der Waals surface area (Å²) in [6.07, 6.45) is 10.1. The molecule has 1 aliphatic heterocycles. The molecule has 1 saturated heterocycles. The van der Waals surface area contributed by atoms with Crippen molar-refractivity contribution in [2.24, 2.45) is 0 Å². The van der Waals surface area contributed by atoms with Crippen LogP contribution in [0.25, 0.3) is 0 Å². The molecule has 3 rings (SSSR count). The fourth-order valence-electron chi connectivity index (χ4n) is 3.64. The van der Waals surface area contributed by atoms with Gasteiger partial charge in [0.15, 0.2) is 0 Å². The molecule has 1 spiro atoms. The van der Waals surface area contributed by atoms with E-state index in [0.29, 0.717) is 5.54 Å². The topological polar surface area (TPSA) is 28.2 Å². The Balaban J connectivity index is 1.67. The Hall–Kier alpha value is -0.930. The number of aromatic nitrogens is 1. The lowest BCUT2D eigenvalue weighted by Gasteiger charge is -2.40. The molecule has 0 amide bonds. The Morgan fingerprint density at radius 3 is 2.84 bits per heavy atom. The molecule has 0 atom stereocenters. The van der Waals surface area contributed by atoms with E-state index < -0.39 is 0 Å². The second-order valence-corrected chi connectivity index (χ2v) is 6.15. The van der Waals surface area contributed by atoms with E-state index in [2.05, 4.69) is 27.3 Å². The minimum absolute atomic E-state index is 0.392. The first-order valence-electron chi connectivity index (χ1n) is 7.74. The van der Waals surface area contributed by atoms with E-state index in [-0.39, 0.29) is 0 Å². The van der Waals surface area contributed by atoms with Crippen molar-refractivity contribution in [2.75, 3.05) is 19.6 Å². The fourth-order valence-corrected chi connectivity index (χ4v) is 3.64. The summed E-state index contributed by atoms with van der Waals surface area (Å²) in [7, 11) is 0. The van der Waals surface area contributed by atoms with Crippen molar-refractivity contribution in [1.82, 2.24) is 15.2 Å². The predicted octanol–water partition coefficient (Wildman–Crippen LogP) is 2.58. The summed E-state index contributed by atoms with van der Waals surface area (Å²) in [4.78, 5) is 7.08. The highest BCUT2D eigenvalue weighted by Gasteiger charge is 2.34. The molecule has 2 fully saturated rings. The van der Waals surface area contributed by atoms with Crippen LogP contribution < -0.4 is 5.32 Å². The molecule has 2 heterocycles. The van der Waals surface area contributed by atoms with Crippen LogP contribution >= 0.6 is 0 Å². The van der Waals surface area contributed by atoms with E-state index in [1.807, 2.05) is 12.3 Å². The average Bonchev–Trinajstić information content (AvgIpc) is 2.63. The Morgan fingerprint density at radius 1 is 1.16 bits per heavy atom. The minimum atomic E-state index is 0.392. The standard InChI is InChI=1S/C16H25N3/c1-3-8-16(9-4-1)14-19(12-6-11-18-16)13-15-7-2-5-10-17-15/h2,5,7,10,18H,1,3-4,6,8-9,11-14H2. The predicted molar refractivity (Wildman–Crippen MR) is 77.9 cm³/mol. The largest absolute Gasteiger partial charge is 0.310 e. The van der Waals surface area contributed by atoms with Crippen LogP contribution in [0.2, 0.25) is 0 Å². The summed E-state index contributed by atoms with van der Waals surface area (Å²) in [5.41, 5.74) is 1.60. The van der Waals surface area contributed by atoms with Gasteiger partial charge in [0.05, 0.1) is 5.69 Å². The average molecular weight is 259 g/mol. The van der Waals surface area contributed by atoms with Gasteiger partial charge >= 0.3 is 0 Å². The maximum Gasteiger partial charge on any atom is 0.0543 e. The number of hydrogen-bond acceptors (Lipinski definition) is 3. The highest BCUT2D eigenvalue weighted by Crippen LogP contribution is 2.30. The zero-order chi connectivity index (χ0) is 13.0. The van der Waals surface area contributed by atoms with Crippen molar-refractivity contribution in [1.29, 1.82) is 0 Å². The second-order valence-electron chi connectivity index (χ2n) is 6.15. The van der Waals surface area contributed by atoms with E-state index in [1.165, 1.54) is 63.9 Å². The molecule has 2 aliphatic rings. The number of hydrogen-bond donors (Lipinski definition) is 1. The number of nitrogens with zero attached hydrogens (tertiary/aromatic N) is 2. The normalized spacial score (nSPS) is 24.2. The van der Waals surface area contributed by atoms with Crippen LogP contribution in [0.5, 0.6) is 0 Å². The fraction of sp³-hybridized carbons (Fsp3) is 0.688. The third kappa shape index (κ3) is 3.34. The van der Waals surface area contributed by atoms with E-state index in [9.17, 15) is 0 Å². The highest BCUT2D eigenvalue weighted by molar-refractivity contribution is 5.04. The summed E-state index contributed by atoms with van der Waals surface area (Å²) in [5.74, 6) is 0. The molecular weight excluding hydrogens is 234 g/mol. The summed E-state index contributed by atoms with van der Waals surface area (Å²) in [6, 6.07) is 6.23. The van der Waals surface area contributed by atoms with Gasteiger partial charge in [-0.2, -0.15) is 0 Å². The smallest absolute Gasteiger partial charge is 0.0543 e. The van der Waals surface area contributed by atoms with E-state index >= 15 is 0 Å². The first-order valence-corrected chi connectivity index (χ1v) is 7.74. The molecule has 0 radical (unpaired) electrons. The third-order valence-corrected chi connectivity index (χ3v) is 4.60. The van der Waals surface area contributed by atoms with Crippen molar-refractivity contribution in [3.8, 4) is 0 Å². The van der Waals surface area contributed by atoms with Crippen molar-refractivity contribution < 1.29 is 0 Å². The monoisotopic (exact) mass is 259 g/mol. The number of rotatable bonds is 2. The Labute approximate surface area is 116 Å². The molecule has 0 aromatic carbocycles. The van der Waals surface area contributed by atoms with Gasteiger partial charge in [0, 0.05) is 24.8 Å². The van der Waals surface area contributed by atoms with Crippen molar-refractivity contribution >= 4 is 0 Å². The van der Waals surface area contributed by atoms with E-state index in [0.717, 1.165) is 6.54 Å². The maximum atomic E-state index is 4.47. The molecule has 0 unspecified atom stereocenters. The van der Waals surface area contributed by atoms with Gasteiger partial charge in [0.25, 0.3) is 0 Å². The van der Waals surface area contributed by atoms with Crippen LogP contribution in [0.15, 0.2) is 24.4 Å². The quantitative estimate of drug-likeness (QED) is 0.885. The summed E-state index contributed by atoms with van der Waals surface area (Å²) < 4.78 is 0. The summed E-state index contributed by atoms with van der Waals surface area (Å²) in [5, 5.41) is 3.85. The van der Waals surface area contributed by atoms with Crippen LogP contribution in [0, 0.1) is 0 Å². The molecule has 1 saturated carbocycles. The lowest BCUT2D eigenvalue weighted by molar-refractivity contribution is 0.158. The summed E-state index contributed by atoms with van der Waals surface area (Å²) >= 11 is 0. The van der Waals surface area contributed by atoms with Gasteiger partial charge in [-0.3, -0.25) is 9.88 Å². The van der Waals surface area contributed by atoms with Gasteiger partial charge in [-0.15, -0.1) is 0 Å². The Kier molecular flexibility index (Phi) is 4.14. The zero-order valence-electron chi connectivity index (χ0n) is 11.8. The first-order chi connectivity index (χ1) is 9.36. The molecule has 3 heteroatoms. The molecule has 1 aromatic rings. The van der Waals surface area contributed by atoms with Crippen LogP contribution in [0.1, 0.15) is 44.2 Å². The molecule has 1 aromatic heterocycles. The van der Waals surface area contributed by atoms with Crippen LogP contribution in [0.4, 0.5) is 0 Å². The molecule has 1 aliphatic carbocycles. The first kappa shape index (κ1) is 13.1. The lowest BCUT2D eigenvalue weighted by Crippen LogP contribution is -2.52. The minimum Gasteiger partial charge on any atom is -0.310 e. The molecule has 0 bridgehead atoms. The Bertz CT molecular complexity index is 384. The molecular formula is C16H25N3. The number of pyridine rings is 1. The molecule has 104 valence electrons. The van der Waals surface area contributed by atoms with Gasteiger partial charge in [0.2, 0.25) is 0 Å². The van der Waals surface area contributed by atoms with Gasteiger partial charge in [-0.25, -0.2) is 0 Å². The van der Waals surface area contributed by atoms with E-state index in [1.54, 1.807) is 0 Å². The third-order valence-electron chi connectivity index (χ3n) is 4.60. The summed E-state index contributed by atoms with van der Waals surface area (Å²) in [6.45, 7) is 4.58. The van der Waals surface area contributed by atoms with E-state index in [4.69, 9.17) is 0 Å².